The largest absolute Gasteiger partial charge is 0.424 e. The summed E-state index contributed by atoms with van der Waals surface area (Å²) in [7, 11) is 2.12. The summed E-state index contributed by atoms with van der Waals surface area (Å²) in [5, 5.41) is 7.92. The number of hydrogen-bond acceptors (Lipinski definition) is 4. The van der Waals surface area contributed by atoms with E-state index >= 15 is 0 Å². The Balaban J connectivity index is 1.76. The van der Waals surface area contributed by atoms with Gasteiger partial charge >= 0.3 is 0 Å². The average molecular weight is 243 g/mol. The van der Waals surface area contributed by atoms with Crippen LogP contribution in [0.4, 0.5) is 0 Å². The lowest BCUT2D eigenvalue weighted by Gasteiger charge is -2.23. The van der Waals surface area contributed by atoms with Crippen molar-refractivity contribution in [3.05, 3.63) is 47.2 Å². The second-order valence-corrected chi connectivity index (χ2v) is 4.88. The number of aryl methyl sites for hydroxylation is 2. The maximum Gasteiger partial charge on any atom is 0.230 e. The Morgan fingerprint density at radius 1 is 1.33 bits per heavy atom. The number of benzene rings is 1. The van der Waals surface area contributed by atoms with Crippen molar-refractivity contribution in [2.24, 2.45) is 0 Å². The minimum atomic E-state index is 0.466. The third-order valence-electron chi connectivity index (χ3n) is 3.59. The van der Waals surface area contributed by atoms with Gasteiger partial charge in [-0.25, -0.2) is 0 Å². The van der Waals surface area contributed by atoms with Gasteiger partial charge in [-0.15, -0.1) is 10.2 Å². The molecule has 4 nitrogen and oxygen atoms in total. The summed E-state index contributed by atoms with van der Waals surface area (Å²) in [6.45, 7) is 2.53. The third-order valence-corrected chi connectivity index (χ3v) is 3.59. The van der Waals surface area contributed by atoms with Gasteiger partial charge in [0.1, 0.15) is 0 Å². The quantitative estimate of drug-likeness (QED) is 0.830. The number of nitrogens with zero attached hydrogens (tertiary/aromatic N) is 3. The zero-order valence-corrected chi connectivity index (χ0v) is 10.8. The van der Waals surface area contributed by atoms with Gasteiger partial charge in [-0.2, -0.15) is 0 Å². The molecule has 2 aromatic rings. The first-order valence-corrected chi connectivity index (χ1v) is 6.31. The molecule has 0 saturated heterocycles. The maximum absolute atomic E-state index is 5.44. The Morgan fingerprint density at radius 2 is 2.17 bits per heavy atom. The number of rotatable bonds is 3. The van der Waals surface area contributed by atoms with Crippen molar-refractivity contribution in [1.29, 1.82) is 0 Å². The van der Waals surface area contributed by atoms with E-state index in [2.05, 4.69) is 46.4 Å². The SMILES string of the molecule is Cc1nnc(CN(C)[C@H]2CCc3ccccc32)o1. The summed E-state index contributed by atoms with van der Waals surface area (Å²) < 4.78 is 5.44. The Labute approximate surface area is 107 Å². The molecule has 0 aliphatic heterocycles. The van der Waals surface area contributed by atoms with Crippen molar-refractivity contribution >= 4 is 0 Å². The number of aromatic nitrogens is 2. The zero-order chi connectivity index (χ0) is 12.5. The first-order valence-electron chi connectivity index (χ1n) is 6.31. The normalized spacial score (nSPS) is 18.3. The fourth-order valence-electron chi connectivity index (χ4n) is 2.72. The van der Waals surface area contributed by atoms with Crippen LogP contribution >= 0.6 is 0 Å². The van der Waals surface area contributed by atoms with E-state index in [0.717, 1.165) is 6.42 Å². The molecule has 1 aromatic heterocycles. The highest BCUT2D eigenvalue weighted by Crippen LogP contribution is 2.35. The van der Waals surface area contributed by atoms with Gasteiger partial charge in [-0.3, -0.25) is 4.90 Å². The molecule has 0 spiro atoms. The number of fused-ring (bicyclic) bond motifs is 1. The summed E-state index contributed by atoms with van der Waals surface area (Å²) in [6.07, 6.45) is 2.33. The molecule has 1 aromatic carbocycles. The van der Waals surface area contributed by atoms with E-state index in [0.29, 0.717) is 24.4 Å². The van der Waals surface area contributed by atoms with Crippen LogP contribution in [0.5, 0.6) is 0 Å². The Bertz CT molecular complexity index is 549. The van der Waals surface area contributed by atoms with E-state index in [1.54, 1.807) is 0 Å². The van der Waals surface area contributed by atoms with Gasteiger partial charge in [-0.05, 0) is 31.0 Å². The molecule has 18 heavy (non-hydrogen) atoms. The van der Waals surface area contributed by atoms with Crippen molar-refractivity contribution in [1.82, 2.24) is 15.1 Å². The molecule has 0 unspecified atom stereocenters. The van der Waals surface area contributed by atoms with Crippen molar-refractivity contribution in [3.63, 3.8) is 0 Å². The predicted octanol–water partition coefficient (Wildman–Crippen LogP) is 2.50. The molecule has 1 heterocycles. The first-order chi connectivity index (χ1) is 8.74. The van der Waals surface area contributed by atoms with E-state index in [-0.39, 0.29) is 0 Å². The van der Waals surface area contributed by atoms with Crippen molar-refractivity contribution in [2.75, 3.05) is 7.05 Å². The van der Waals surface area contributed by atoms with Crippen LogP contribution in [0.15, 0.2) is 28.7 Å². The lowest BCUT2D eigenvalue weighted by molar-refractivity contribution is 0.212. The van der Waals surface area contributed by atoms with E-state index in [1.807, 2.05) is 6.92 Å². The van der Waals surface area contributed by atoms with Crippen LogP contribution in [0.25, 0.3) is 0 Å². The molecule has 0 bridgehead atoms. The van der Waals surface area contributed by atoms with Gasteiger partial charge < -0.3 is 4.42 Å². The second kappa shape index (κ2) is 4.53. The van der Waals surface area contributed by atoms with Crippen LogP contribution in [-0.2, 0) is 13.0 Å². The molecule has 94 valence electrons. The lowest BCUT2D eigenvalue weighted by Crippen LogP contribution is -2.22. The molecule has 0 fully saturated rings. The smallest absolute Gasteiger partial charge is 0.230 e. The summed E-state index contributed by atoms with van der Waals surface area (Å²) in [5.74, 6) is 1.32. The summed E-state index contributed by atoms with van der Waals surface area (Å²) in [6, 6.07) is 9.14. The van der Waals surface area contributed by atoms with Crippen LogP contribution in [0.2, 0.25) is 0 Å². The molecular formula is C14H17N3O. The fraction of sp³-hybridized carbons (Fsp3) is 0.429. The van der Waals surface area contributed by atoms with Crippen molar-refractivity contribution in [3.8, 4) is 0 Å². The topological polar surface area (TPSA) is 42.2 Å². The van der Waals surface area contributed by atoms with Crippen LogP contribution in [0.3, 0.4) is 0 Å². The van der Waals surface area contributed by atoms with E-state index < -0.39 is 0 Å². The van der Waals surface area contributed by atoms with Crippen molar-refractivity contribution in [2.45, 2.75) is 32.4 Å². The first kappa shape index (κ1) is 11.4. The minimum Gasteiger partial charge on any atom is -0.424 e. The van der Waals surface area contributed by atoms with E-state index in [9.17, 15) is 0 Å². The molecule has 0 saturated carbocycles. The van der Waals surface area contributed by atoms with Crippen LogP contribution in [0, 0.1) is 6.92 Å². The third kappa shape index (κ3) is 2.04. The van der Waals surface area contributed by atoms with Gasteiger partial charge in [0.25, 0.3) is 0 Å². The number of hydrogen-bond donors (Lipinski definition) is 0. The summed E-state index contributed by atoms with van der Waals surface area (Å²) in [4.78, 5) is 2.29. The molecule has 0 amide bonds. The second-order valence-electron chi connectivity index (χ2n) is 4.88. The molecule has 1 atom stereocenters. The lowest BCUT2D eigenvalue weighted by atomic mass is 10.1. The molecule has 1 aliphatic carbocycles. The summed E-state index contributed by atoms with van der Waals surface area (Å²) in [5.41, 5.74) is 2.91. The zero-order valence-electron chi connectivity index (χ0n) is 10.8. The van der Waals surface area contributed by atoms with Crippen LogP contribution < -0.4 is 0 Å². The van der Waals surface area contributed by atoms with Crippen LogP contribution in [-0.4, -0.2) is 22.1 Å². The van der Waals surface area contributed by atoms with E-state index in [4.69, 9.17) is 4.42 Å². The highest BCUT2D eigenvalue weighted by Gasteiger charge is 2.26. The molecule has 3 rings (SSSR count). The van der Waals surface area contributed by atoms with Crippen LogP contribution in [0.1, 0.15) is 35.4 Å². The molecule has 0 N–H and O–H groups in total. The molecule has 4 heteroatoms. The highest BCUT2D eigenvalue weighted by atomic mass is 16.4. The van der Waals surface area contributed by atoms with E-state index in [1.165, 1.54) is 17.5 Å². The fourth-order valence-corrected chi connectivity index (χ4v) is 2.72. The van der Waals surface area contributed by atoms with Gasteiger partial charge in [0.05, 0.1) is 6.54 Å². The Morgan fingerprint density at radius 3 is 2.94 bits per heavy atom. The molecule has 0 radical (unpaired) electrons. The Kier molecular flexibility index (Phi) is 2.88. The average Bonchev–Trinajstić information content (AvgIpc) is 2.95. The summed E-state index contributed by atoms with van der Waals surface area (Å²) >= 11 is 0. The van der Waals surface area contributed by atoms with Gasteiger partial charge in [-0.1, -0.05) is 24.3 Å². The standard InChI is InChI=1S/C14H17N3O/c1-10-15-16-14(18-10)9-17(2)13-8-7-11-5-3-4-6-12(11)13/h3-6,13H,7-9H2,1-2H3/t13-/m0/s1. The molecule has 1 aliphatic rings. The Hall–Kier alpha value is -1.68. The maximum atomic E-state index is 5.44. The van der Waals surface area contributed by atoms with Gasteiger partial charge in [0, 0.05) is 13.0 Å². The van der Waals surface area contributed by atoms with Gasteiger partial charge in [0.2, 0.25) is 11.8 Å². The highest BCUT2D eigenvalue weighted by molar-refractivity contribution is 5.34. The predicted molar refractivity (Wildman–Crippen MR) is 68.0 cm³/mol. The monoisotopic (exact) mass is 243 g/mol. The van der Waals surface area contributed by atoms with Crippen molar-refractivity contribution < 1.29 is 4.42 Å². The van der Waals surface area contributed by atoms with Gasteiger partial charge in [0.15, 0.2) is 0 Å². The minimum absolute atomic E-state index is 0.466. The molecular weight excluding hydrogens is 226 g/mol.